The molecule has 4 heteroatoms. The molecule has 1 fully saturated rings. The fourth-order valence-corrected chi connectivity index (χ4v) is 2.74. The Balaban J connectivity index is 1.67. The summed E-state index contributed by atoms with van der Waals surface area (Å²) in [6.45, 7) is 4.74. The van der Waals surface area contributed by atoms with E-state index in [9.17, 15) is 0 Å². The molecule has 3 rings (SSSR count). The molecular weight excluding hydrogens is 250 g/mol. The van der Waals surface area contributed by atoms with Crippen LogP contribution in [0.4, 0.5) is 0 Å². The van der Waals surface area contributed by atoms with Gasteiger partial charge in [0.2, 0.25) is 0 Å². The molecule has 0 amide bonds. The lowest BCUT2D eigenvalue weighted by Crippen LogP contribution is -2.32. The van der Waals surface area contributed by atoms with E-state index in [0.717, 1.165) is 31.9 Å². The normalized spacial score (nSPS) is 22.2. The van der Waals surface area contributed by atoms with Gasteiger partial charge in [0.05, 0.1) is 0 Å². The zero-order valence-electron chi connectivity index (χ0n) is 11.8. The average molecular weight is 271 g/mol. The maximum atomic E-state index is 5.90. The van der Waals surface area contributed by atoms with Gasteiger partial charge in [0, 0.05) is 38.1 Å². The van der Waals surface area contributed by atoms with Gasteiger partial charge in [-0.05, 0) is 18.9 Å². The predicted molar refractivity (Wildman–Crippen MR) is 78.3 cm³/mol. The molecule has 2 atom stereocenters. The van der Waals surface area contributed by atoms with Crippen LogP contribution in [0.1, 0.15) is 30.8 Å². The molecule has 0 aliphatic carbocycles. The van der Waals surface area contributed by atoms with Gasteiger partial charge in [-0.2, -0.15) is 0 Å². The van der Waals surface area contributed by atoms with E-state index in [1.165, 1.54) is 5.56 Å². The first-order chi connectivity index (χ1) is 9.88. The zero-order chi connectivity index (χ0) is 13.8. The molecule has 4 nitrogen and oxygen atoms in total. The van der Waals surface area contributed by atoms with Gasteiger partial charge in [-0.1, -0.05) is 30.3 Å². The van der Waals surface area contributed by atoms with Crippen LogP contribution in [0.25, 0.3) is 0 Å². The molecule has 20 heavy (non-hydrogen) atoms. The molecule has 2 heterocycles. The summed E-state index contributed by atoms with van der Waals surface area (Å²) < 4.78 is 8.05. The summed E-state index contributed by atoms with van der Waals surface area (Å²) in [6, 6.07) is 10.8. The first kappa shape index (κ1) is 13.3. The van der Waals surface area contributed by atoms with Crippen molar-refractivity contribution in [3.05, 3.63) is 54.1 Å². The average Bonchev–Trinajstić information content (AvgIpc) is 3.14. The van der Waals surface area contributed by atoms with E-state index in [0.29, 0.717) is 6.04 Å². The van der Waals surface area contributed by atoms with Crippen LogP contribution in [0.3, 0.4) is 0 Å². The highest BCUT2D eigenvalue weighted by Gasteiger charge is 2.32. The number of aromatic nitrogens is 2. The second-order valence-electron chi connectivity index (χ2n) is 5.12. The van der Waals surface area contributed by atoms with E-state index in [1.807, 2.05) is 18.5 Å². The number of rotatable bonds is 5. The Kier molecular flexibility index (Phi) is 4.14. The minimum atomic E-state index is 0.0636. The molecule has 0 spiro atoms. The Bertz CT molecular complexity index is 538. The third-order valence-electron chi connectivity index (χ3n) is 3.85. The summed E-state index contributed by atoms with van der Waals surface area (Å²) in [4.78, 5) is 4.47. The Morgan fingerprint density at radius 3 is 3.00 bits per heavy atom. The monoisotopic (exact) mass is 271 g/mol. The number of nitrogens with zero attached hydrogens (tertiary/aromatic N) is 2. The first-order valence-electron chi connectivity index (χ1n) is 7.28. The zero-order valence-corrected chi connectivity index (χ0v) is 11.8. The van der Waals surface area contributed by atoms with Gasteiger partial charge in [-0.25, -0.2) is 4.98 Å². The van der Waals surface area contributed by atoms with Gasteiger partial charge >= 0.3 is 0 Å². The molecule has 0 radical (unpaired) electrons. The van der Waals surface area contributed by atoms with Gasteiger partial charge < -0.3 is 14.6 Å². The van der Waals surface area contributed by atoms with E-state index < -0.39 is 0 Å². The number of aryl methyl sites for hydroxylation is 1. The van der Waals surface area contributed by atoms with Crippen molar-refractivity contribution in [2.24, 2.45) is 0 Å². The molecule has 2 aromatic rings. The lowest BCUT2D eigenvalue weighted by Gasteiger charge is -2.20. The molecule has 1 aliphatic rings. The lowest BCUT2D eigenvalue weighted by atomic mass is 10.1. The van der Waals surface area contributed by atoms with Crippen LogP contribution in [0.15, 0.2) is 42.7 Å². The lowest BCUT2D eigenvalue weighted by molar-refractivity contribution is 0.0886. The number of hydrogen-bond donors (Lipinski definition) is 1. The number of nitrogens with one attached hydrogen (secondary N) is 1. The van der Waals surface area contributed by atoms with Crippen molar-refractivity contribution in [2.75, 3.05) is 6.61 Å². The summed E-state index contributed by atoms with van der Waals surface area (Å²) in [6.07, 6.45) is 4.97. The highest BCUT2D eigenvalue weighted by molar-refractivity contribution is 5.14. The quantitative estimate of drug-likeness (QED) is 0.908. The van der Waals surface area contributed by atoms with Crippen molar-refractivity contribution >= 4 is 0 Å². The minimum Gasteiger partial charge on any atom is -0.369 e. The molecule has 1 aromatic carbocycles. The van der Waals surface area contributed by atoms with Crippen molar-refractivity contribution < 1.29 is 4.74 Å². The van der Waals surface area contributed by atoms with Gasteiger partial charge in [0.15, 0.2) is 0 Å². The molecular formula is C16H21N3O. The van der Waals surface area contributed by atoms with Crippen LogP contribution in [-0.4, -0.2) is 22.2 Å². The second-order valence-corrected chi connectivity index (χ2v) is 5.12. The van der Waals surface area contributed by atoms with Crippen molar-refractivity contribution in [1.82, 2.24) is 14.9 Å². The molecule has 0 unspecified atom stereocenters. The Hall–Kier alpha value is -1.65. The Labute approximate surface area is 119 Å². The topological polar surface area (TPSA) is 39.1 Å². The van der Waals surface area contributed by atoms with E-state index in [4.69, 9.17) is 4.74 Å². The molecule has 106 valence electrons. The van der Waals surface area contributed by atoms with Crippen LogP contribution in [0, 0.1) is 0 Å². The molecule has 1 aliphatic heterocycles. The summed E-state index contributed by atoms with van der Waals surface area (Å²) in [5, 5.41) is 3.61. The van der Waals surface area contributed by atoms with E-state index in [-0.39, 0.29) is 6.10 Å². The maximum absolute atomic E-state index is 5.90. The number of imidazole rings is 1. The number of ether oxygens (including phenoxy) is 1. The van der Waals surface area contributed by atoms with Crippen LogP contribution < -0.4 is 5.32 Å². The van der Waals surface area contributed by atoms with E-state index >= 15 is 0 Å². The number of benzene rings is 1. The summed E-state index contributed by atoms with van der Waals surface area (Å²) in [7, 11) is 0. The van der Waals surface area contributed by atoms with Crippen molar-refractivity contribution in [2.45, 2.75) is 38.6 Å². The van der Waals surface area contributed by atoms with Crippen molar-refractivity contribution in [1.29, 1.82) is 0 Å². The first-order valence-corrected chi connectivity index (χ1v) is 7.28. The van der Waals surface area contributed by atoms with Gasteiger partial charge in [0.1, 0.15) is 11.9 Å². The van der Waals surface area contributed by atoms with Crippen molar-refractivity contribution in [3.63, 3.8) is 0 Å². The molecule has 1 saturated heterocycles. The smallest absolute Gasteiger partial charge is 0.139 e. The standard InChI is InChI=1S/C16H21N3O/c1-2-19-10-9-17-16(19)15-14(8-11-20-15)18-12-13-6-4-3-5-7-13/h3-7,9-10,14-15,18H,2,8,11-12H2,1H3/t14-,15-/m0/s1. The Morgan fingerprint density at radius 2 is 2.20 bits per heavy atom. The third-order valence-corrected chi connectivity index (χ3v) is 3.85. The maximum Gasteiger partial charge on any atom is 0.139 e. The van der Waals surface area contributed by atoms with Gasteiger partial charge in [-0.3, -0.25) is 0 Å². The van der Waals surface area contributed by atoms with E-state index in [1.54, 1.807) is 0 Å². The SMILES string of the molecule is CCn1ccnc1[C@H]1OCC[C@@H]1NCc1ccccc1. The minimum absolute atomic E-state index is 0.0636. The second kappa shape index (κ2) is 6.20. The van der Waals surface area contributed by atoms with E-state index in [2.05, 4.69) is 46.1 Å². The molecule has 0 bridgehead atoms. The predicted octanol–water partition coefficient (Wildman–Crippen LogP) is 2.52. The fourth-order valence-electron chi connectivity index (χ4n) is 2.74. The molecule has 1 aromatic heterocycles. The highest BCUT2D eigenvalue weighted by atomic mass is 16.5. The summed E-state index contributed by atoms with van der Waals surface area (Å²) in [5.41, 5.74) is 1.30. The number of hydrogen-bond acceptors (Lipinski definition) is 3. The van der Waals surface area contributed by atoms with Crippen LogP contribution >= 0.6 is 0 Å². The molecule has 0 saturated carbocycles. The Morgan fingerprint density at radius 1 is 1.35 bits per heavy atom. The molecule has 1 N–H and O–H groups in total. The third kappa shape index (κ3) is 2.76. The van der Waals surface area contributed by atoms with Crippen LogP contribution in [-0.2, 0) is 17.8 Å². The summed E-state index contributed by atoms with van der Waals surface area (Å²) >= 11 is 0. The summed E-state index contributed by atoms with van der Waals surface area (Å²) in [5.74, 6) is 1.04. The largest absolute Gasteiger partial charge is 0.369 e. The highest BCUT2D eigenvalue weighted by Crippen LogP contribution is 2.28. The fraction of sp³-hybridized carbons (Fsp3) is 0.438. The van der Waals surface area contributed by atoms with Crippen molar-refractivity contribution in [3.8, 4) is 0 Å². The van der Waals surface area contributed by atoms with Crippen LogP contribution in [0.2, 0.25) is 0 Å². The van der Waals surface area contributed by atoms with Gasteiger partial charge in [-0.15, -0.1) is 0 Å². The van der Waals surface area contributed by atoms with Crippen LogP contribution in [0.5, 0.6) is 0 Å². The van der Waals surface area contributed by atoms with Gasteiger partial charge in [0.25, 0.3) is 0 Å².